The molecule has 0 spiro atoms. The van der Waals surface area contributed by atoms with Crippen LogP contribution in [0.25, 0.3) is 0 Å². The van der Waals surface area contributed by atoms with Gasteiger partial charge in [-0.2, -0.15) is 0 Å². The molecule has 3 nitrogen and oxygen atoms in total. The molecule has 3 heteroatoms. The molecule has 3 N–H and O–H groups in total. The Hall–Kier alpha value is -1.06. The minimum absolute atomic E-state index is 0.345. The molecule has 2 atom stereocenters. The van der Waals surface area contributed by atoms with E-state index in [9.17, 15) is 5.11 Å². The summed E-state index contributed by atoms with van der Waals surface area (Å²) in [6.07, 6.45) is 1.77. The van der Waals surface area contributed by atoms with Crippen LogP contribution in [0, 0.1) is 5.92 Å². The molecule has 1 aromatic carbocycles. The second-order valence-corrected chi connectivity index (χ2v) is 4.61. The fourth-order valence-electron chi connectivity index (χ4n) is 1.77. The summed E-state index contributed by atoms with van der Waals surface area (Å²) in [5.74, 6) is 0.554. The Morgan fingerprint density at radius 3 is 2.47 bits per heavy atom. The van der Waals surface area contributed by atoms with Crippen molar-refractivity contribution in [3.63, 3.8) is 0 Å². The maximum Gasteiger partial charge on any atom is 0.102 e. The van der Waals surface area contributed by atoms with Gasteiger partial charge in [0.1, 0.15) is 6.10 Å². The van der Waals surface area contributed by atoms with Crippen LogP contribution in [0.3, 0.4) is 0 Å². The Morgan fingerprint density at radius 1 is 1.24 bits per heavy atom. The van der Waals surface area contributed by atoms with Gasteiger partial charge in [-0.15, -0.1) is 0 Å². The third-order valence-electron chi connectivity index (χ3n) is 2.78. The lowest BCUT2D eigenvalue weighted by molar-refractivity contribution is 0.0215. The summed E-state index contributed by atoms with van der Waals surface area (Å²) in [5.41, 5.74) is 7.14. The summed E-state index contributed by atoms with van der Waals surface area (Å²) >= 11 is 0. The normalized spacial score (nSPS) is 14.5. The number of anilines is 1. The molecule has 0 aliphatic carbocycles. The molecule has 0 fully saturated rings. The van der Waals surface area contributed by atoms with E-state index in [1.54, 1.807) is 12.1 Å². The molecule has 2 unspecified atom stereocenters. The first-order chi connectivity index (χ1) is 8.13. The van der Waals surface area contributed by atoms with Gasteiger partial charge in [-0.05, 0) is 30.0 Å². The van der Waals surface area contributed by atoms with Gasteiger partial charge in [0.25, 0.3) is 0 Å². The smallest absolute Gasteiger partial charge is 0.102 e. The van der Waals surface area contributed by atoms with Crippen molar-refractivity contribution >= 4 is 5.69 Å². The first-order valence-electron chi connectivity index (χ1n) is 6.24. The van der Waals surface area contributed by atoms with Crippen molar-refractivity contribution in [3.8, 4) is 0 Å². The van der Waals surface area contributed by atoms with Crippen LogP contribution in [0.15, 0.2) is 24.3 Å². The minimum Gasteiger partial charge on any atom is -0.399 e. The molecule has 0 radical (unpaired) electrons. The lowest BCUT2D eigenvalue weighted by Crippen LogP contribution is -2.12. The van der Waals surface area contributed by atoms with Crippen LogP contribution in [0.2, 0.25) is 0 Å². The van der Waals surface area contributed by atoms with E-state index in [1.165, 1.54) is 6.42 Å². The second kappa shape index (κ2) is 7.30. The van der Waals surface area contributed by atoms with Gasteiger partial charge in [-0.3, -0.25) is 0 Å². The highest BCUT2D eigenvalue weighted by Crippen LogP contribution is 2.15. The first kappa shape index (κ1) is 14.0. The van der Waals surface area contributed by atoms with Crippen LogP contribution < -0.4 is 5.73 Å². The van der Waals surface area contributed by atoms with E-state index in [1.807, 2.05) is 12.1 Å². The van der Waals surface area contributed by atoms with Crippen LogP contribution in [0.1, 0.15) is 38.4 Å². The van der Waals surface area contributed by atoms with Gasteiger partial charge in [-0.25, -0.2) is 0 Å². The topological polar surface area (TPSA) is 55.5 Å². The second-order valence-electron chi connectivity index (χ2n) is 4.61. The highest BCUT2D eigenvalue weighted by Gasteiger charge is 2.08. The average molecular weight is 237 g/mol. The highest BCUT2D eigenvalue weighted by molar-refractivity contribution is 5.39. The van der Waals surface area contributed by atoms with E-state index in [0.717, 1.165) is 12.0 Å². The molecule has 0 aliphatic heterocycles. The molecule has 0 amide bonds. The summed E-state index contributed by atoms with van der Waals surface area (Å²) < 4.78 is 5.51. The van der Waals surface area contributed by atoms with E-state index in [4.69, 9.17) is 10.5 Å². The number of benzene rings is 1. The van der Waals surface area contributed by atoms with Crippen molar-refractivity contribution in [2.24, 2.45) is 5.92 Å². The van der Waals surface area contributed by atoms with E-state index in [-0.39, 0.29) is 0 Å². The maximum absolute atomic E-state index is 9.89. The number of hydrogen-bond acceptors (Lipinski definition) is 3. The Labute approximate surface area is 104 Å². The van der Waals surface area contributed by atoms with Crippen molar-refractivity contribution in [1.29, 1.82) is 0 Å². The molecule has 0 saturated carbocycles. The summed E-state index contributed by atoms with van der Waals surface area (Å²) in [6.45, 7) is 5.39. The van der Waals surface area contributed by atoms with Crippen molar-refractivity contribution < 1.29 is 9.84 Å². The van der Waals surface area contributed by atoms with Gasteiger partial charge in [0.15, 0.2) is 0 Å². The summed E-state index contributed by atoms with van der Waals surface area (Å²) in [7, 11) is 0. The van der Waals surface area contributed by atoms with Crippen LogP contribution >= 0.6 is 0 Å². The van der Waals surface area contributed by atoms with Gasteiger partial charge < -0.3 is 15.6 Å². The van der Waals surface area contributed by atoms with Crippen LogP contribution in [0.5, 0.6) is 0 Å². The van der Waals surface area contributed by atoms with Gasteiger partial charge in [0.05, 0.1) is 6.61 Å². The van der Waals surface area contributed by atoms with Crippen molar-refractivity contribution in [2.75, 3.05) is 18.9 Å². The minimum atomic E-state index is -0.565. The third-order valence-corrected chi connectivity index (χ3v) is 2.78. The molecular formula is C14H23NO2. The molecule has 1 rings (SSSR count). The molecule has 0 aromatic heterocycles. The van der Waals surface area contributed by atoms with Gasteiger partial charge >= 0.3 is 0 Å². The zero-order valence-corrected chi connectivity index (χ0v) is 10.7. The fourth-order valence-corrected chi connectivity index (χ4v) is 1.77. The van der Waals surface area contributed by atoms with Crippen LogP contribution in [-0.4, -0.2) is 18.3 Å². The van der Waals surface area contributed by atoms with E-state index in [2.05, 4.69) is 13.8 Å². The quantitative estimate of drug-likeness (QED) is 0.717. The molecule has 17 heavy (non-hydrogen) atoms. The Morgan fingerprint density at radius 2 is 1.88 bits per heavy atom. The van der Waals surface area contributed by atoms with E-state index in [0.29, 0.717) is 24.8 Å². The molecule has 0 saturated heterocycles. The Bertz CT molecular complexity index is 311. The number of ether oxygens (including phenoxy) is 1. The summed E-state index contributed by atoms with van der Waals surface area (Å²) in [6, 6.07) is 7.24. The number of aliphatic hydroxyl groups is 1. The molecule has 0 aliphatic rings. The van der Waals surface area contributed by atoms with Crippen LogP contribution in [-0.2, 0) is 4.74 Å². The lowest BCUT2D eigenvalue weighted by atomic mass is 10.1. The summed E-state index contributed by atoms with van der Waals surface area (Å²) in [4.78, 5) is 0. The molecule has 96 valence electrons. The number of hydrogen-bond donors (Lipinski definition) is 2. The number of nitrogen functional groups attached to an aromatic ring is 1. The predicted molar refractivity (Wildman–Crippen MR) is 70.7 cm³/mol. The van der Waals surface area contributed by atoms with E-state index >= 15 is 0 Å². The molecule has 1 aromatic rings. The van der Waals surface area contributed by atoms with Crippen molar-refractivity contribution in [2.45, 2.75) is 32.8 Å². The summed E-state index contributed by atoms with van der Waals surface area (Å²) in [5, 5.41) is 9.89. The molecular weight excluding hydrogens is 214 g/mol. The largest absolute Gasteiger partial charge is 0.399 e. The fraction of sp³-hybridized carbons (Fsp3) is 0.571. The molecule has 0 heterocycles. The number of rotatable bonds is 7. The Kier molecular flexibility index (Phi) is 6.01. The standard InChI is InChI=1S/C14H23NO2/c1-3-4-11(2)9-17-10-14(16)12-5-7-13(15)8-6-12/h5-8,11,14,16H,3-4,9-10,15H2,1-2H3. The lowest BCUT2D eigenvalue weighted by Gasteiger charge is -2.14. The third kappa shape index (κ3) is 5.20. The van der Waals surface area contributed by atoms with Crippen molar-refractivity contribution in [3.05, 3.63) is 29.8 Å². The number of aliphatic hydroxyl groups excluding tert-OH is 1. The van der Waals surface area contributed by atoms with Gasteiger partial charge in [0, 0.05) is 12.3 Å². The first-order valence-corrected chi connectivity index (χ1v) is 6.24. The average Bonchev–Trinajstić information content (AvgIpc) is 2.30. The van der Waals surface area contributed by atoms with Crippen LogP contribution in [0.4, 0.5) is 5.69 Å². The SMILES string of the molecule is CCCC(C)COCC(O)c1ccc(N)cc1. The predicted octanol–water partition coefficient (Wildman–Crippen LogP) is 2.75. The van der Waals surface area contributed by atoms with Crippen molar-refractivity contribution in [1.82, 2.24) is 0 Å². The zero-order valence-electron chi connectivity index (χ0n) is 10.7. The zero-order chi connectivity index (χ0) is 12.7. The maximum atomic E-state index is 9.89. The molecule has 0 bridgehead atoms. The van der Waals surface area contributed by atoms with Gasteiger partial charge in [-0.1, -0.05) is 32.4 Å². The highest BCUT2D eigenvalue weighted by atomic mass is 16.5. The van der Waals surface area contributed by atoms with Gasteiger partial charge in [0.2, 0.25) is 0 Å². The Balaban J connectivity index is 2.29. The monoisotopic (exact) mass is 237 g/mol. The van der Waals surface area contributed by atoms with E-state index < -0.39 is 6.10 Å². The number of nitrogens with two attached hydrogens (primary N) is 1.